The molecule has 114 valence electrons. The number of halogens is 1. The molecule has 1 heterocycles. The van der Waals surface area contributed by atoms with Gasteiger partial charge in [-0.2, -0.15) is 0 Å². The predicted molar refractivity (Wildman–Crippen MR) is 86.4 cm³/mol. The van der Waals surface area contributed by atoms with Crippen molar-refractivity contribution in [1.82, 2.24) is 4.90 Å². The van der Waals surface area contributed by atoms with E-state index in [0.717, 1.165) is 25.9 Å². The Labute approximate surface area is 128 Å². The first kappa shape index (κ1) is 17.4. The van der Waals surface area contributed by atoms with Crippen molar-refractivity contribution in [2.45, 2.75) is 45.4 Å². The average molecular weight is 299 g/mol. The molecule has 1 aromatic rings. The summed E-state index contributed by atoms with van der Waals surface area (Å²) in [7, 11) is 1.80. The molecule has 1 aliphatic heterocycles. The van der Waals surface area contributed by atoms with Gasteiger partial charge in [0.2, 0.25) is 0 Å². The molecule has 0 bridgehead atoms. The SMILES string of the molecule is COC1CCN(Cc2cccc(C)c2C)C(CN)C1.Cl. The van der Waals surface area contributed by atoms with E-state index in [1.165, 1.54) is 16.7 Å². The fraction of sp³-hybridized carbons (Fsp3) is 0.625. The number of nitrogens with two attached hydrogens (primary N) is 1. The van der Waals surface area contributed by atoms with Gasteiger partial charge in [-0.3, -0.25) is 4.90 Å². The van der Waals surface area contributed by atoms with E-state index < -0.39 is 0 Å². The minimum absolute atomic E-state index is 0. The molecule has 0 aliphatic carbocycles. The maximum atomic E-state index is 5.93. The number of ether oxygens (including phenoxy) is 1. The van der Waals surface area contributed by atoms with Crippen LogP contribution in [0.3, 0.4) is 0 Å². The summed E-state index contributed by atoms with van der Waals surface area (Å²) >= 11 is 0. The maximum Gasteiger partial charge on any atom is 0.0599 e. The van der Waals surface area contributed by atoms with Crippen molar-refractivity contribution in [3.63, 3.8) is 0 Å². The normalized spacial score (nSPS) is 23.4. The molecule has 3 nitrogen and oxygen atoms in total. The molecule has 0 saturated carbocycles. The Bertz CT molecular complexity index is 425. The minimum Gasteiger partial charge on any atom is -0.381 e. The second-order valence-electron chi connectivity index (χ2n) is 5.60. The zero-order valence-corrected chi connectivity index (χ0v) is 13.6. The van der Waals surface area contributed by atoms with Gasteiger partial charge in [0.25, 0.3) is 0 Å². The van der Waals surface area contributed by atoms with Gasteiger partial charge >= 0.3 is 0 Å². The summed E-state index contributed by atoms with van der Waals surface area (Å²) in [5.41, 5.74) is 10.1. The first-order chi connectivity index (χ1) is 9.15. The van der Waals surface area contributed by atoms with Crippen molar-refractivity contribution in [1.29, 1.82) is 0 Å². The molecule has 2 atom stereocenters. The van der Waals surface area contributed by atoms with Crippen molar-refractivity contribution >= 4 is 12.4 Å². The number of likely N-dealkylation sites (tertiary alicyclic amines) is 1. The van der Waals surface area contributed by atoms with Gasteiger partial charge in [-0.05, 0) is 43.4 Å². The molecule has 2 rings (SSSR count). The van der Waals surface area contributed by atoms with Crippen molar-refractivity contribution in [3.05, 3.63) is 34.9 Å². The number of methoxy groups -OCH3 is 1. The number of rotatable bonds is 4. The Hall–Kier alpha value is -0.610. The first-order valence-corrected chi connectivity index (χ1v) is 7.17. The van der Waals surface area contributed by atoms with Crippen molar-refractivity contribution < 1.29 is 4.74 Å². The monoisotopic (exact) mass is 298 g/mol. The third-order valence-electron chi connectivity index (χ3n) is 4.49. The van der Waals surface area contributed by atoms with Crippen LogP contribution in [0, 0.1) is 13.8 Å². The van der Waals surface area contributed by atoms with Gasteiger partial charge in [-0.25, -0.2) is 0 Å². The first-order valence-electron chi connectivity index (χ1n) is 7.17. The van der Waals surface area contributed by atoms with Gasteiger partial charge in [-0.1, -0.05) is 18.2 Å². The highest BCUT2D eigenvalue weighted by Gasteiger charge is 2.27. The molecular formula is C16H27ClN2O. The van der Waals surface area contributed by atoms with Crippen LogP contribution < -0.4 is 5.73 Å². The highest BCUT2D eigenvalue weighted by molar-refractivity contribution is 5.85. The van der Waals surface area contributed by atoms with Crippen LogP contribution in [-0.2, 0) is 11.3 Å². The molecule has 2 N–H and O–H groups in total. The standard InChI is InChI=1S/C16H26N2O.ClH/c1-12-5-4-6-14(13(12)2)11-18-8-7-16(19-3)9-15(18)10-17;/h4-6,15-16H,7-11,17H2,1-3H3;1H. The number of piperidine rings is 1. The van der Waals surface area contributed by atoms with Gasteiger partial charge in [0.05, 0.1) is 6.10 Å². The summed E-state index contributed by atoms with van der Waals surface area (Å²) < 4.78 is 5.48. The molecule has 1 fully saturated rings. The van der Waals surface area contributed by atoms with Crippen LogP contribution >= 0.6 is 12.4 Å². The maximum absolute atomic E-state index is 5.93. The molecule has 0 radical (unpaired) electrons. The van der Waals surface area contributed by atoms with E-state index in [1.54, 1.807) is 7.11 Å². The van der Waals surface area contributed by atoms with E-state index in [-0.39, 0.29) is 12.4 Å². The van der Waals surface area contributed by atoms with Crippen LogP contribution in [0.1, 0.15) is 29.5 Å². The van der Waals surface area contributed by atoms with Crippen molar-refractivity contribution in [3.8, 4) is 0 Å². The van der Waals surface area contributed by atoms with Gasteiger partial charge < -0.3 is 10.5 Å². The fourth-order valence-corrected chi connectivity index (χ4v) is 2.93. The molecule has 1 aromatic carbocycles. The second-order valence-corrected chi connectivity index (χ2v) is 5.60. The number of hydrogen-bond acceptors (Lipinski definition) is 3. The Kier molecular flexibility index (Phi) is 6.96. The molecule has 1 aliphatic rings. The molecule has 2 unspecified atom stereocenters. The lowest BCUT2D eigenvalue weighted by molar-refractivity contribution is 0.0101. The topological polar surface area (TPSA) is 38.5 Å². The Morgan fingerprint density at radius 2 is 2.10 bits per heavy atom. The zero-order valence-electron chi connectivity index (χ0n) is 12.8. The molecule has 1 saturated heterocycles. The molecule has 0 amide bonds. The van der Waals surface area contributed by atoms with Crippen LogP contribution in [-0.4, -0.2) is 37.2 Å². The van der Waals surface area contributed by atoms with Gasteiger partial charge in [0.15, 0.2) is 0 Å². The fourth-order valence-electron chi connectivity index (χ4n) is 2.93. The molecule has 20 heavy (non-hydrogen) atoms. The number of hydrogen-bond donors (Lipinski definition) is 1. The van der Waals surface area contributed by atoms with Crippen LogP contribution in [0.25, 0.3) is 0 Å². The lowest BCUT2D eigenvalue weighted by atomic mass is 9.97. The molecule has 4 heteroatoms. The summed E-state index contributed by atoms with van der Waals surface area (Å²) in [6.07, 6.45) is 2.54. The number of aryl methyl sites for hydroxylation is 1. The number of nitrogens with zero attached hydrogens (tertiary/aromatic N) is 1. The Balaban J connectivity index is 0.00000200. The third-order valence-corrected chi connectivity index (χ3v) is 4.49. The van der Waals surface area contributed by atoms with Gasteiger partial charge in [-0.15, -0.1) is 12.4 Å². The lowest BCUT2D eigenvalue weighted by Crippen LogP contribution is -2.48. The Morgan fingerprint density at radius 3 is 2.75 bits per heavy atom. The molecular weight excluding hydrogens is 272 g/mol. The smallest absolute Gasteiger partial charge is 0.0599 e. The summed E-state index contributed by atoms with van der Waals surface area (Å²) in [6.45, 7) is 7.19. The average Bonchev–Trinajstić information content (AvgIpc) is 2.44. The van der Waals surface area contributed by atoms with E-state index in [2.05, 4.69) is 36.9 Å². The zero-order chi connectivity index (χ0) is 13.8. The summed E-state index contributed by atoms with van der Waals surface area (Å²) in [5.74, 6) is 0. The highest BCUT2D eigenvalue weighted by atomic mass is 35.5. The van der Waals surface area contributed by atoms with Crippen LogP contribution in [0.4, 0.5) is 0 Å². The van der Waals surface area contributed by atoms with E-state index in [1.807, 2.05) is 0 Å². The third kappa shape index (κ3) is 3.95. The van der Waals surface area contributed by atoms with Gasteiger partial charge in [0, 0.05) is 32.8 Å². The molecule has 0 aromatic heterocycles. The number of benzene rings is 1. The van der Waals surface area contributed by atoms with Crippen molar-refractivity contribution in [2.75, 3.05) is 20.2 Å². The Morgan fingerprint density at radius 1 is 1.35 bits per heavy atom. The van der Waals surface area contributed by atoms with Crippen LogP contribution in [0.5, 0.6) is 0 Å². The van der Waals surface area contributed by atoms with Crippen molar-refractivity contribution in [2.24, 2.45) is 5.73 Å². The predicted octanol–water partition coefficient (Wildman–Crippen LogP) is 2.66. The van der Waals surface area contributed by atoms with E-state index in [9.17, 15) is 0 Å². The van der Waals surface area contributed by atoms with Gasteiger partial charge in [0.1, 0.15) is 0 Å². The quantitative estimate of drug-likeness (QED) is 0.929. The summed E-state index contributed by atoms with van der Waals surface area (Å²) in [4.78, 5) is 2.51. The van der Waals surface area contributed by atoms with Crippen LogP contribution in [0.15, 0.2) is 18.2 Å². The van der Waals surface area contributed by atoms with E-state index >= 15 is 0 Å². The highest BCUT2D eigenvalue weighted by Crippen LogP contribution is 2.23. The van der Waals surface area contributed by atoms with Crippen LogP contribution in [0.2, 0.25) is 0 Å². The minimum atomic E-state index is 0. The second kappa shape index (κ2) is 7.99. The lowest BCUT2D eigenvalue weighted by Gasteiger charge is -2.38. The summed E-state index contributed by atoms with van der Waals surface area (Å²) in [5, 5.41) is 0. The summed E-state index contributed by atoms with van der Waals surface area (Å²) in [6, 6.07) is 7.00. The van der Waals surface area contributed by atoms with E-state index in [0.29, 0.717) is 18.7 Å². The largest absolute Gasteiger partial charge is 0.381 e. The van der Waals surface area contributed by atoms with E-state index in [4.69, 9.17) is 10.5 Å². The molecule has 0 spiro atoms.